The van der Waals surface area contributed by atoms with E-state index in [4.69, 9.17) is 9.97 Å². The van der Waals surface area contributed by atoms with E-state index in [0.717, 1.165) is 46.5 Å². The first-order chi connectivity index (χ1) is 27.7. The van der Waals surface area contributed by atoms with Crippen molar-refractivity contribution in [3.05, 3.63) is 186 Å². The first-order valence-electron chi connectivity index (χ1n) is 19.2. The first kappa shape index (κ1) is 32.5. The molecule has 0 fully saturated rings. The molecule has 56 heavy (non-hydrogen) atoms. The Hall–Kier alpha value is -6.88. The average Bonchev–Trinajstić information content (AvgIpc) is 3.83. The zero-order chi connectivity index (χ0) is 37.0. The van der Waals surface area contributed by atoms with E-state index in [1.54, 1.807) is 0 Å². The third-order valence-electron chi connectivity index (χ3n) is 11.0. The van der Waals surface area contributed by atoms with Crippen molar-refractivity contribution in [2.24, 2.45) is 0 Å². The van der Waals surface area contributed by atoms with E-state index in [2.05, 4.69) is 187 Å². The molecule has 0 bridgehead atoms. The quantitative estimate of drug-likeness (QED) is 0.170. The van der Waals surface area contributed by atoms with E-state index in [-0.39, 0.29) is 0 Å². The molecular weight excluding hydrogens is 699 g/mol. The van der Waals surface area contributed by atoms with Crippen LogP contribution in [-0.2, 0) is 0 Å². The van der Waals surface area contributed by atoms with Gasteiger partial charge in [0.1, 0.15) is 0 Å². The highest BCUT2D eigenvalue weighted by molar-refractivity contribution is 7.17. The minimum absolute atomic E-state index is 0.706. The van der Waals surface area contributed by atoms with Gasteiger partial charge in [-0.1, -0.05) is 152 Å². The Labute approximate surface area is 328 Å². The van der Waals surface area contributed by atoms with E-state index in [1.807, 2.05) is 17.4 Å². The van der Waals surface area contributed by atoms with Crippen LogP contribution in [0, 0.1) is 0 Å². The number of para-hydroxylation sites is 2. The molecule has 0 N–H and O–H groups in total. The summed E-state index contributed by atoms with van der Waals surface area (Å²) in [5.41, 5.74) is 13.3. The van der Waals surface area contributed by atoms with Crippen LogP contribution in [0.4, 0.5) is 0 Å². The van der Waals surface area contributed by atoms with Gasteiger partial charge in [0.15, 0.2) is 5.82 Å². The maximum atomic E-state index is 5.22. The highest BCUT2D eigenvalue weighted by Gasteiger charge is 2.18. The van der Waals surface area contributed by atoms with Gasteiger partial charge >= 0.3 is 0 Å². The Balaban J connectivity index is 1.07. The van der Waals surface area contributed by atoms with Gasteiger partial charge in [-0.2, -0.15) is 0 Å². The van der Waals surface area contributed by atoms with Gasteiger partial charge in [-0.3, -0.25) is 0 Å². The fourth-order valence-electron chi connectivity index (χ4n) is 8.34. The van der Waals surface area contributed by atoms with Crippen molar-refractivity contribution in [1.82, 2.24) is 14.5 Å². The highest BCUT2D eigenvalue weighted by atomic mass is 32.1. The predicted octanol–water partition coefficient (Wildman–Crippen LogP) is 12.5. The average molecular weight is 734 g/mol. The van der Waals surface area contributed by atoms with Crippen molar-refractivity contribution in [3.63, 3.8) is 0 Å². The van der Waals surface area contributed by atoms with E-state index in [0.29, 0.717) is 5.82 Å². The minimum atomic E-state index is 0.706. The fourth-order valence-corrected chi connectivity index (χ4v) is 9.63. The van der Waals surface area contributed by atoms with Crippen molar-refractivity contribution in [2.75, 3.05) is 0 Å². The third-order valence-corrected chi connectivity index (χ3v) is 12.3. The Kier molecular flexibility index (Phi) is 7.82. The van der Waals surface area contributed by atoms with Gasteiger partial charge in [-0.15, -0.1) is 11.3 Å². The molecule has 3 nitrogen and oxygen atoms in total. The monoisotopic (exact) mass is 733 g/mol. The Bertz CT molecular complexity index is 3180. The number of thiophene rings is 1. The standard InChI is InChI=1S/C52H35N3S/c1-3-14-34(15-4-1)38-18-13-19-39(30-38)47-33-46(36-16-5-2-6-17-36)53-52(54-47)37-28-26-35(27-29-37)44-31-40(32-45-43-22-9-12-25-50(43)56-51(44)45)55-48-23-10-7-20-41(48)42-21-8-11-24-49(42)55/h1-8,10-11,13-33H,9,12H2. The first-order valence-corrected chi connectivity index (χ1v) is 20.0. The maximum Gasteiger partial charge on any atom is 0.160 e. The van der Waals surface area contributed by atoms with Crippen molar-refractivity contribution in [1.29, 1.82) is 0 Å². The van der Waals surface area contributed by atoms with Crippen LogP contribution in [-0.4, -0.2) is 14.5 Å². The fraction of sp³-hybridized carbons (Fsp3) is 0.0385. The van der Waals surface area contributed by atoms with E-state index < -0.39 is 0 Å². The molecule has 0 saturated heterocycles. The van der Waals surface area contributed by atoms with Gasteiger partial charge in [-0.05, 0) is 71.1 Å². The molecule has 0 spiro atoms. The van der Waals surface area contributed by atoms with Crippen molar-refractivity contribution >= 4 is 55.4 Å². The number of nitrogens with zero attached hydrogens (tertiary/aromatic N) is 3. The smallest absolute Gasteiger partial charge is 0.160 e. The molecule has 1 aliphatic carbocycles. The molecule has 0 saturated carbocycles. The third kappa shape index (κ3) is 5.57. The molecule has 4 heteroatoms. The summed E-state index contributed by atoms with van der Waals surface area (Å²) in [7, 11) is 0. The molecule has 3 heterocycles. The zero-order valence-electron chi connectivity index (χ0n) is 30.6. The second-order valence-electron chi connectivity index (χ2n) is 14.5. The molecule has 0 atom stereocenters. The molecule has 0 radical (unpaired) electrons. The zero-order valence-corrected chi connectivity index (χ0v) is 31.4. The number of hydrogen-bond acceptors (Lipinski definition) is 3. The second-order valence-corrected chi connectivity index (χ2v) is 15.5. The SMILES string of the molecule is C1=c2sc3c(-c4ccc(-c5nc(-c6ccccc6)cc(-c6cccc(-c7ccccc7)c6)n5)cc4)cc(-n4c5ccccc5c5ccccc54)cc3c2=CCC1. The van der Waals surface area contributed by atoms with Crippen LogP contribution in [0.3, 0.4) is 0 Å². The molecule has 11 rings (SSSR count). The lowest BCUT2D eigenvalue weighted by Gasteiger charge is -2.13. The van der Waals surface area contributed by atoms with Gasteiger partial charge in [0.2, 0.25) is 0 Å². The molecular formula is C52H35N3S. The van der Waals surface area contributed by atoms with Crippen LogP contribution >= 0.6 is 11.3 Å². The lowest BCUT2D eigenvalue weighted by Crippen LogP contribution is -2.20. The van der Waals surface area contributed by atoms with Crippen LogP contribution in [0.1, 0.15) is 12.8 Å². The summed E-state index contributed by atoms with van der Waals surface area (Å²) in [6.07, 6.45) is 7.01. The largest absolute Gasteiger partial charge is 0.309 e. The molecule has 3 aromatic heterocycles. The van der Waals surface area contributed by atoms with Gasteiger partial charge in [0, 0.05) is 53.3 Å². The molecule has 0 aliphatic heterocycles. The van der Waals surface area contributed by atoms with E-state index in [9.17, 15) is 0 Å². The number of fused-ring (bicyclic) bond motifs is 6. The Morgan fingerprint density at radius 2 is 1.02 bits per heavy atom. The summed E-state index contributed by atoms with van der Waals surface area (Å²) in [4.78, 5) is 10.4. The molecule has 1 aliphatic rings. The van der Waals surface area contributed by atoms with Crippen LogP contribution in [0.5, 0.6) is 0 Å². The van der Waals surface area contributed by atoms with Gasteiger partial charge in [-0.25, -0.2) is 9.97 Å². The summed E-state index contributed by atoms with van der Waals surface area (Å²) in [6.45, 7) is 0. The molecule has 0 unspecified atom stereocenters. The topological polar surface area (TPSA) is 30.7 Å². The van der Waals surface area contributed by atoms with Crippen LogP contribution in [0.2, 0.25) is 0 Å². The summed E-state index contributed by atoms with van der Waals surface area (Å²) in [5.74, 6) is 0.706. The maximum absolute atomic E-state index is 5.22. The second kappa shape index (κ2) is 13.5. The summed E-state index contributed by atoms with van der Waals surface area (Å²) in [6, 6.07) is 62.9. The van der Waals surface area contributed by atoms with Gasteiger partial charge < -0.3 is 4.57 Å². The van der Waals surface area contributed by atoms with E-state index >= 15 is 0 Å². The highest BCUT2D eigenvalue weighted by Crippen LogP contribution is 2.38. The van der Waals surface area contributed by atoms with Gasteiger partial charge in [0.25, 0.3) is 0 Å². The van der Waals surface area contributed by atoms with Crippen LogP contribution < -0.4 is 9.75 Å². The number of rotatable bonds is 6. The van der Waals surface area contributed by atoms with Crippen LogP contribution in [0.15, 0.2) is 176 Å². The van der Waals surface area contributed by atoms with Crippen molar-refractivity contribution in [2.45, 2.75) is 12.8 Å². The van der Waals surface area contributed by atoms with Crippen molar-refractivity contribution < 1.29 is 0 Å². The lowest BCUT2D eigenvalue weighted by atomic mass is 9.99. The molecule has 0 amide bonds. The lowest BCUT2D eigenvalue weighted by molar-refractivity contribution is 1.13. The Morgan fingerprint density at radius 3 is 1.75 bits per heavy atom. The summed E-state index contributed by atoms with van der Waals surface area (Å²) >= 11 is 1.91. The van der Waals surface area contributed by atoms with Crippen molar-refractivity contribution in [3.8, 4) is 61.8 Å². The Morgan fingerprint density at radius 1 is 0.429 bits per heavy atom. The minimum Gasteiger partial charge on any atom is -0.309 e. The van der Waals surface area contributed by atoms with E-state index in [1.165, 1.54) is 64.0 Å². The predicted molar refractivity (Wildman–Crippen MR) is 236 cm³/mol. The normalized spacial score (nSPS) is 12.4. The summed E-state index contributed by atoms with van der Waals surface area (Å²) < 4.78 is 5.14. The van der Waals surface area contributed by atoms with Crippen LogP contribution in [0.25, 0.3) is 106 Å². The summed E-state index contributed by atoms with van der Waals surface area (Å²) in [5, 5.41) is 5.22. The van der Waals surface area contributed by atoms with Gasteiger partial charge in [0.05, 0.1) is 22.4 Å². The molecule has 10 aromatic rings. The molecule has 7 aromatic carbocycles. The number of hydrogen-bond donors (Lipinski definition) is 0. The number of benzene rings is 7. The molecule has 264 valence electrons. The number of aromatic nitrogens is 3.